The molecule has 0 aromatic heterocycles. The van der Waals surface area contributed by atoms with Crippen molar-refractivity contribution in [1.29, 1.82) is 0 Å². The van der Waals surface area contributed by atoms with Gasteiger partial charge < -0.3 is 9.64 Å². The Morgan fingerprint density at radius 3 is 2.54 bits per heavy atom. The first-order chi connectivity index (χ1) is 6.15. The van der Waals surface area contributed by atoms with E-state index in [1.807, 2.05) is 0 Å². The SMILES string of the molecule is CCOCC1CN(C(C)C)CC1C. The van der Waals surface area contributed by atoms with Gasteiger partial charge in [-0.1, -0.05) is 6.92 Å². The highest BCUT2D eigenvalue weighted by Crippen LogP contribution is 2.24. The van der Waals surface area contributed by atoms with Gasteiger partial charge in [-0.3, -0.25) is 0 Å². The summed E-state index contributed by atoms with van der Waals surface area (Å²) in [6, 6.07) is 0.689. The third-order valence-electron chi connectivity index (χ3n) is 3.06. The molecule has 0 aromatic rings. The van der Waals surface area contributed by atoms with E-state index < -0.39 is 0 Å². The van der Waals surface area contributed by atoms with E-state index in [4.69, 9.17) is 4.74 Å². The Morgan fingerprint density at radius 2 is 2.08 bits per heavy atom. The lowest BCUT2D eigenvalue weighted by molar-refractivity contribution is 0.100. The molecule has 0 N–H and O–H groups in total. The average molecular weight is 185 g/mol. The summed E-state index contributed by atoms with van der Waals surface area (Å²) in [5, 5.41) is 0. The summed E-state index contributed by atoms with van der Waals surface area (Å²) in [5.41, 5.74) is 0. The molecule has 0 radical (unpaired) electrons. The van der Waals surface area contributed by atoms with E-state index in [1.54, 1.807) is 0 Å². The Hall–Kier alpha value is -0.0800. The second-order valence-electron chi connectivity index (χ2n) is 4.44. The van der Waals surface area contributed by atoms with E-state index in [0.717, 1.165) is 25.0 Å². The van der Waals surface area contributed by atoms with Gasteiger partial charge in [0, 0.05) is 25.7 Å². The molecule has 1 aliphatic heterocycles. The fourth-order valence-corrected chi connectivity index (χ4v) is 1.98. The van der Waals surface area contributed by atoms with Gasteiger partial charge in [-0.2, -0.15) is 0 Å². The number of nitrogens with zero attached hydrogens (tertiary/aromatic N) is 1. The minimum Gasteiger partial charge on any atom is -0.381 e. The highest BCUT2D eigenvalue weighted by atomic mass is 16.5. The van der Waals surface area contributed by atoms with E-state index in [1.165, 1.54) is 13.1 Å². The second kappa shape index (κ2) is 4.97. The lowest BCUT2D eigenvalue weighted by Crippen LogP contribution is -2.28. The standard InChI is InChI=1S/C11H23NO/c1-5-13-8-11-7-12(9(2)3)6-10(11)4/h9-11H,5-8H2,1-4H3. The summed E-state index contributed by atoms with van der Waals surface area (Å²) >= 11 is 0. The molecule has 1 heterocycles. The predicted octanol–water partition coefficient (Wildman–Crippen LogP) is 2.00. The maximum Gasteiger partial charge on any atom is 0.0509 e. The minimum atomic E-state index is 0.689. The first kappa shape index (κ1) is 11.0. The molecule has 2 unspecified atom stereocenters. The van der Waals surface area contributed by atoms with E-state index in [0.29, 0.717) is 6.04 Å². The van der Waals surface area contributed by atoms with Crippen molar-refractivity contribution in [3.05, 3.63) is 0 Å². The van der Waals surface area contributed by atoms with Crippen molar-refractivity contribution in [2.24, 2.45) is 11.8 Å². The van der Waals surface area contributed by atoms with Crippen LogP contribution in [-0.2, 0) is 4.74 Å². The normalized spacial score (nSPS) is 30.2. The highest BCUT2D eigenvalue weighted by Gasteiger charge is 2.30. The van der Waals surface area contributed by atoms with Gasteiger partial charge in [0.25, 0.3) is 0 Å². The Morgan fingerprint density at radius 1 is 1.38 bits per heavy atom. The number of ether oxygens (including phenoxy) is 1. The molecule has 0 saturated carbocycles. The van der Waals surface area contributed by atoms with Crippen LogP contribution in [0.4, 0.5) is 0 Å². The van der Waals surface area contributed by atoms with Gasteiger partial charge >= 0.3 is 0 Å². The molecule has 0 aromatic carbocycles. The second-order valence-corrected chi connectivity index (χ2v) is 4.44. The number of hydrogen-bond acceptors (Lipinski definition) is 2. The molecule has 0 aliphatic carbocycles. The van der Waals surface area contributed by atoms with Crippen molar-refractivity contribution >= 4 is 0 Å². The molecule has 0 spiro atoms. The van der Waals surface area contributed by atoms with E-state index in [9.17, 15) is 0 Å². The number of likely N-dealkylation sites (tertiary alicyclic amines) is 1. The van der Waals surface area contributed by atoms with Crippen molar-refractivity contribution in [2.75, 3.05) is 26.3 Å². The van der Waals surface area contributed by atoms with Crippen LogP contribution in [0.15, 0.2) is 0 Å². The maximum atomic E-state index is 5.49. The monoisotopic (exact) mass is 185 g/mol. The Bertz CT molecular complexity index is 147. The molecule has 1 saturated heterocycles. The van der Waals surface area contributed by atoms with Crippen LogP contribution in [0, 0.1) is 11.8 Å². The molecule has 78 valence electrons. The number of rotatable bonds is 4. The molecule has 2 heteroatoms. The Balaban J connectivity index is 2.33. The Kier molecular flexibility index (Phi) is 4.20. The summed E-state index contributed by atoms with van der Waals surface area (Å²) < 4.78 is 5.49. The molecule has 1 aliphatic rings. The third-order valence-corrected chi connectivity index (χ3v) is 3.06. The van der Waals surface area contributed by atoms with Crippen LogP contribution in [0.2, 0.25) is 0 Å². The van der Waals surface area contributed by atoms with E-state index in [2.05, 4.69) is 32.6 Å². The van der Waals surface area contributed by atoms with Gasteiger partial charge in [-0.15, -0.1) is 0 Å². The van der Waals surface area contributed by atoms with Gasteiger partial charge in [0.05, 0.1) is 6.61 Å². The zero-order valence-electron chi connectivity index (χ0n) is 9.42. The van der Waals surface area contributed by atoms with Crippen molar-refractivity contribution in [3.63, 3.8) is 0 Å². The summed E-state index contributed by atoms with van der Waals surface area (Å²) in [4.78, 5) is 2.55. The first-order valence-corrected chi connectivity index (χ1v) is 5.47. The lowest BCUT2D eigenvalue weighted by atomic mass is 9.99. The summed E-state index contributed by atoms with van der Waals surface area (Å²) in [6.07, 6.45) is 0. The lowest BCUT2D eigenvalue weighted by Gasteiger charge is -2.20. The van der Waals surface area contributed by atoms with Crippen LogP contribution in [0.1, 0.15) is 27.7 Å². The van der Waals surface area contributed by atoms with Crippen molar-refractivity contribution < 1.29 is 4.74 Å². The van der Waals surface area contributed by atoms with Gasteiger partial charge in [-0.05, 0) is 32.6 Å². The van der Waals surface area contributed by atoms with Crippen molar-refractivity contribution in [1.82, 2.24) is 4.90 Å². The topological polar surface area (TPSA) is 12.5 Å². The van der Waals surface area contributed by atoms with E-state index >= 15 is 0 Å². The van der Waals surface area contributed by atoms with Crippen LogP contribution in [0.3, 0.4) is 0 Å². The van der Waals surface area contributed by atoms with Crippen LogP contribution >= 0.6 is 0 Å². The zero-order valence-corrected chi connectivity index (χ0v) is 9.42. The summed E-state index contributed by atoms with van der Waals surface area (Å²) in [6.45, 7) is 13.2. The van der Waals surface area contributed by atoms with Crippen LogP contribution in [-0.4, -0.2) is 37.2 Å². The molecule has 2 nitrogen and oxygen atoms in total. The fourth-order valence-electron chi connectivity index (χ4n) is 1.98. The van der Waals surface area contributed by atoms with Gasteiger partial charge in [0.15, 0.2) is 0 Å². The van der Waals surface area contributed by atoms with Crippen LogP contribution < -0.4 is 0 Å². The molecule has 2 atom stereocenters. The largest absolute Gasteiger partial charge is 0.381 e. The number of hydrogen-bond donors (Lipinski definition) is 0. The first-order valence-electron chi connectivity index (χ1n) is 5.47. The van der Waals surface area contributed by atoms with Crippen LogP contribution in [0.25, 0.3) is 0 Å². The maximum absolute atomic E-state index is 5.49. The van der Waals surface area contributed by atoms with Crippen LogP contribution in [0.5, 0.6) is 0 Å². The van der Waals surface area contributed by atoms with E-state index in [-0.39, 0.29) is 0 Å². The summed E-state index contributed by atoms with van der Waals surface area (Å²) in [5.74, 6) is 1.55. The highest BCUT2D eigenvalue weighted by molar-refractivity contribution is 4.82. The molecular formula is C11H23NO. The molecular weight excluding hydrogens is 162 g/mol. The molecule has 1 fully saturated rings. The Labute approximate surface area is 82.3 Å². The van der Waals surface area contributed by atoms with Gasteiger partial charge in [-0.25, -0.2) is 0 Å². The van der Waals surface area contributed by atoms with Crippen molar-refractivity contribution in [2.45, 2.75) is 33.7 Å². The average Bonchev–Trinajstić information content (AvgIpc) is 2.44. The zero-order chi connectivity index (χ0) is 9.84. The molecule has 0 bridgehead atoms. The van der Waals surface area contributed by atoms with Crippen molar-refractivity contribution in [3.8, 4) is 0 Å². The quantitative estimate of drug-likeness (QED) is 0.664. The third kappa shape index (κ3) is 2.96. The molecule has 1 rings (SSSR count). The van der Waals surface area contributed by atoms with Gasteiger partial charge in [0.1, 0.15) is 0 Å². The smallest absolute Gasteiger partial charge is 0.0509 e. The molecule has 0 amide bonds. The molecule has 13 heavy (non-hydrogen) atoms. The van der Waals surface area contributed by atoms with Gasteiger partial charge in [0.2, 0.25) is 0 Å². The summed E-state index contributed by atoms with van der Waals surface area (Å²) in [7, 11) is 0. The fraction of sp³-hybridized carbons (Fsp3) is 1.00. The predicted molar refractivity (Wildman–Crippen MR) is 55.9 cm³/mol. The minimum absolute atomic E-state index is 0.689.